The van der Waals surface area contributed by atoms with E-state index in [9.17, 15) is 4.79 Å². The molecule has 0 aliphatic rings. The van der Waals surface area contributed by atoms with E-state index < -0.39 is 0 Å². The minimum absolute atomic E-state index is 0.0800. The first-order chi connectivity index (χ1) is 9.66. The summed E-state index contributed by atoms with van der Waals surface area (Å²) >= 11 is 4.92. The van der Waals surface area contributed by atoms with Gasteiger partial charge in [-0.25, -0.2) is 5.43 Å². The zero-order valence-corrected chi connectivity index (χ0v) is 13.2. The number of hydrogen-bond acceptors (Lipinski definition) is 4. The van der Waals surface area contributed by atoms with Gasteiger partial charge in [-0.2, -0.15) is 5.10 Å². The lowest BCUT2D eigenvalue weighted by atomic mass is 10.3. The summed E-state index contributed by atoms with van der Waals surface area (Å²) in [4.78, 5) is 12.6. The molecule has 0 aliphatic heterocycles. The Balaban J connectivity index is 1.80. The number of para-hydroxylation sites is 1. The number of hydrazone groups is 1. The van der Waals surface area contributed by atoms with Gasteiger partial charge < -0.3 is 4.74 Å². The first kappa shape index (κ1) is 14.7. The van der Waals surface area contributed by atoms with Gasteiger partial charge in [0.1, 0.15) is 5.75 Å². The number of carbonyl (C=O) groups is 1. The van der Waals surface area contributed by atoms with Crippen molar-refractivity contribution in [2.45, 2.75) is 6.92 Å². The normalized spacial score (nSPS) is 10.7. The molecule has 1 aromatic heterocycles. The van der Waals surface area contributed by atoms with Crippen molar-refractivity contribution in [1.29, 1.82) is 0 Å². The summed E-state index contributed by atoms with van der Waals surface area (Å²) in [5.74, 6) is 0.326. The number of thiophene rings is 1. The van der Waals surface area contributed by atoms with Gasteiger partial charge in [-0.1, -0.05) is 12.1 Å². The van der Waals surface area contributed by atoms with Gasteiger partial charge in [0, 0.05) is 4.88 Å². The van der Waals surface area contributed by atoms with Gasteiger partial charge >= 0.3 is 0 Å². The van der Waals surface area contributed by atoms with Crippen LogP contribution >= 0.6 is 27.3 Å². The molecule has 2 rings (SSSR count). The Hall–Kier alpha value is -1.66. The number of nitrogens with one attached hydrogen (secondary N) is 1. The Labute approximate surface area is 129 Å². The number of carbonyl (C=O) groups excluding carboxylic acids is 1. The summed E-state index contributed by atoms with van der Waals surface area (Å²) in [6, 6.07) is 9.37. The SMILES string of the molecule is Cc1ccsc1/C=N/NC(=O)COc1ccccc1Br. The number of rotatable bonds is 5. The lowest BCUT2D eigenvalue weighted by molar-refractivity contribution is -0.123. The van der Waals surface area contributed by atoms with Crippen molar-refractivity contribution in [3.05, 3.63) is 50.6 Å². The Morgan fingerprint density at radius 3 is 2.95 bits per heavy atom. The summed E-state index contributed by atoms with van der Waals surface area (Å²) in [5, 5.41) is 5.88. The first-order valence-electron chi connectivity index (χ1n) is 5.90. The lowest BCUT2D eigenvalue weighted by Crippen LogP contribution is -2.24. The van der Waals surface area contributed by atoms with Crippen molar-refractivity contribution in [3.8, 4) is 5.75 Å². The second kappa shape index (κ2) is 7.21. The summed E-state index contributed by atoms with van der Waals surface area (Å²) in [6.07, 6.45) is 1.64. The minimum Gasteiger partial charge on any atom is -0.483 e. The second-order valence-corrected chi connectivity index (χ2v) is 5.78. The summed E-state index contributed by atoms with van der Waals surface area (Å²) in [5.41, 5.74) is 3.57. The molecule has 1 aromatic carbocycles. The molecule has 1 N–H and O–H groups in total. The zero-order valence-electron chi connectivity index (χ0n) is 10.8. The van der Waals surface area contributed by atoms with Crippen molar-refractivity contribution < 1.29 is 9.53 Å². The number of nitrogens with zero attached hydrogens (tertiary/aromatic N) is 1. The fourth-order valence-electron chi connectivity index (χ4n) is 1.42. The quantitative estimate of drug-likeness (QED) is 0.662. The molecular formula is C14H13BrN2O2S. The van der Waals surface area contributed by atoms with Gasteiger partial charge in [0.15, 0.2) is 6.61 Å². The highest BCUT2D eigenvalue weighted by molar-refractivity contribution is 9.10. The van der Waals surface area contributed by atoms with E-state index in [0.717, 1.165) is 14.9 Å². The second-order valence-electron chi connectivity index (χ2n) is 3.98. The minimum atomic E-state index is -0.300. The van der Waals surface area contributed by atoms with Crippen LogP contribution in [0.5, 0.6) is 5.75 Å². The molecule has 0 spiro atoms. The molecule has 4 nitrogen and oxygen atoms in total. The average Bonchev–Trinajstić information content (AvgIpc) is 2.84. The largest absolute Gasteiger partial charge is 0.483 e. The molecule has 0 radical (unpaired) electrons. The monoisotopic (exact) mass is 352 g/mol. The van der Waals surface area contributed by atoms with Crippen molar-refractivity contribution in [3.63, 3.8) is 0 Å². The van der Waals surface area contributed by atoms with E-state index >= 15 is 0 Å². The maximum atomic E-state index is 11.6. The highest BCUT2D eigenvalue weighted by atomic mass is 79.9. The number of aryl methyl sites for hydroxylation is 1. The van der Waals surface area contributed by atoms with Crippen LogP contribution in [0.4, 0.5) is 0 Å². The Morgan fingerprint density at radius 1 is 1.45 bits per heavy atom. The van der Waals surface area contributed by atoms with Gasteiger partial charge in [-0.05, 0) is 52.0 Å². The highest BCUT2D eigenvalue weighted by Crippen LogP contribution is 2.23. The smallest absolute Gasteiger partial charge is 0.277 e. The molecule has 0 bridgehead atoms. The van der Waals surface area contributed by atoms with Crippen LogP contribution in [0.1, 0.15) is 10.4 Å². The van der Waals surface area contributed by atoms with Crippen LogP contribution in [0.25, 0.3) is 0 Å². The summed E-state index contributed by atoms with van der Waals surface area (Å²) < 4.78 is 6.19. The Kier molecular flexibility index (Phi) is 5.31. The van der Waals surface area contributed by atoms with Gasteiger partial charge in [0.05, 0.1) is 10.7 Å². The van der Waals surface area contributed by atoms with Crippen molar-refractivity contribution >= 4 is 39.4 Å². The van der Waals surface area contributed by atoms with E-state index in [1.165, 1.54) is 0 Å². The third-order valence-corrected chi connectivity index (χ3v) is 4.08. The van der Waals surface area contributed by atoms with Crippen LogP contribution in [-0.4, -0.2) is 18.7 Å². The van der Waals surface area contributed by atoms with Crippen LogP contribution in [0.15, 0.2) is 45.3 Å². The molecule has 0 saturated carbocycles. The maximum absolute atomic E-state index is 11.6. The van der Waals surface area contributed by atoms with E-state index in [0.29, 0.717) is 5.75 Å². The van der Waals surface area contributed by atoms with E-state index in [-0.39, 0.29) is 12.5 Å². The molecule has 0 fully saturated rings. The maximum Gasteiger partial charge on any atom is 0.277 e. The molecule has 0 unspecified atom stereocenters. The molecule has 0 aliphatic carbocycles. The lowest BCUT2D eigenvalue weighted by Gasteiger charge is -2.06. The van der Waals surface area contributed by atoms with Crippen LogP contribution in [0.2, 0.25) is 0 Å². The first-order valence-corrected chi connectivity index (χ1v) is 7.57. The molecule has 20 heavy (non-hydrogen) atoms. The topological polar surface area (TPSA) is 50.7 Å². The van der Waals surface area contributed by atoms with Crippen LogP contribution < -0.4 is 10.2 Å². The number of halogens is 1. The number of amides is 1. The number of hydrogen-bond donors (Lipinski definition) is 1. The molecule has 1 amide bonds. The number of benzene rings is 1. The van der Waals surface area contributed by atoms with Gasteiger partial charge in [0.25, 0.3) is 5.91 Å². The van der Waals surface area contributed by atoms with Crippen LogP contribution in [0, 0.1) is 6.92 Å². The fourth-order valence-corrected chi connectivity index (χ4v) is 2.60. The molecule has 1 heterocycles. The Bertz CT molecular complexity index is 625. The third kappa shape index (κ3) is 4.18. The van der Waals surface area contributed by atoms with Gasteiger partial charge in [-0.3, -0.25) is 4.79 Å². The standard InChI is InChI=1S/C14H13BrN2O2S/c1-10-6-7-20-13(10)8-16-17-14(18)9-19-12-5-3-2-4-11(12)15/h2-8H,9H2,1H3,(H,17,18)/b16-8+. The zero-order chi connectivity index (χ0) is 14.4. The fraction of sp³-hybridized carbons (Fsp3) is 0.143. The molecule has 6 heteroatoms. The molecule has 104 valence electrons. The highest BCUT2D eigenvalue weighted by Gasteiger charge is 2.04. The van der Waals surface area contributed by atoms with Gasteiger partial charge in [0.2, 0.25) is 0 Å². The average molecular weight is 353 g/mol. The Morgan fingerprint density at radius 2 is 2.25 bits per heavy atom. The van der Waals surface area contributed by atoms with Crippen LogP contribution in [-0.2, 0) is 4.79 Å². The molecule has 0 saturated heterocycles. The summed E-state index contributed by atoms with van der Waals surface area (Å²) in [6.45, 7) is 1.92. The van der Waals surface area contributed by atoms with Gasteiger partial charge in [-0.15, -0.1) is 11.3 Å². The predicted molar refractivity (Wildman–Crippen MR) is 84.4 cm³/mol. The van der Waals surface area contributed by atoms with E-state index in [1.807, 2.05) is 36.6 Å². The van der Waals surface area contributed by atoms with Crippen molar-refractivity contribution in [1.82, 2.24) is 5.43 Å². The van der Waals surface area contributed by atoms with Crippen molar-refractivity contribution in [2.24, 2.45) is 5.10 Å². The molecular weight excluding hydrogens is 340 g/mol. The van der Waals surface area contributed by atoms with E-state index in [4.69, 9.17) is 4.74 Å². The summed E-state index contributed by atoms with van der Waals surface area (Å²) in [7, 11) is 0. The third-order valence-electron chi connectivity index (χ3n) is 2.47. The van der Waals surface area contributed by atoms with E-state index in [2.05, 4.69) is 26.5 Å². The van der Waals surface area contributed by atoms with Crippen molar-refractivity contribution in [2.75, 3.05) is 6.61 Å². The number of ether oxygens (including phenoxy) is 1. The van der Waals surface area contributed by atoms with E-state index in [1.54, 1.807) is 23.6 Å². The molecule has 0 atom stereocenters. The van der Waals surface area contributed by atoms with Crippen LogP contribution in [0.3, 0.4) is 0 Å². The predicted octanol–water partition coefficient (Wildman–Crippen LogP) is 3.35. The molecule has 2 aromatic rings.